The Morgan fingerprint density at radius 3 is 2.45 bits per heavy atom. The molecule has 1 aliphatic heterocycles. The van der Waals surface area contributed by atoms with Crippen molar-refractivity contribution in [2.45, 2.75) is 64.8 Å². The van der Waals surface area contributed by atoms with Crippen LogP contribution in [0.5, 0.6) is 17.2 Å². The van der Waals surface area contributed by atoms with Gasteiger partial charge in [-0.15, -0.1) is 0 Å². The highest BCUT2D eigenvalue weighted by Crippen LogP contribution is 2.37. The first-order chi connectivity index (χ1) is 25.3. The van der Waals surface area contributed by atoms with Gasteiger partial charge < -0.3 is 24.4 Å². The van der Waals surface area contributed by atoms with Crippen molar-refractivity contribution in [3.8, 4) is 34.4 Å². The molecule has 0 unspecified atom stereocenters. The van der Waals surface area contributed by atoms with Gasteiger partial charge in [0.2, 0.25) is 0 Å². The third-order valence-corrected chi connectivity index (χ3v) is 9.71. The molecule has 0 amide bonds. The molecule has 3 aromatic carbocycles. The van der Waals surface area contributed by atoms with Gasteiger partial charge in [-0.25, -0.2) is 8.78 Å². The Hall–Kier alpha value is -4.80. The van der Waals surface area contributed by atoms with Crippen LogP contribution in [-0.2, 0) is 24.6 Å². The molecule has 1 atom stereocenters. The minimum Gasteiger partial charge on any atom is -0.493 e. The van der Waals surface area contributed by atoms with Gasteiger partial charge in [0.15, 0.2) is 0 Å². The van der Waals surface area contributed by atoms with Crippen LogP contribution in [-0.4, -0.2) is 70.4 Å². The van der Waals surface area contributed by atoms with E-state index in [1.54, 1.807) is 29.3 Å². The first-order valence-corrected chi connectivity index (χ1v) is 17.6. The molecule has 0 bridgehead atoms. The van der Waals surface area contributed by atoms with Gasteiger partial charge in [0.25, 0.3) is 5.92 Å². The van der Waals surface area contributed by atoms with Crippen molar-refractivity contribution in [1.29, 1.82) is 5.26 Å². The number of rotatable bonds is 17. The molecule has 13 heteroatoms. The second kappa shape index (κ2) is 17.4. The number of ether oxygens (including phenoxy) is 3. The number of hydrogen-bond donors (Lipinski definition) is 3. The smallest absolute Gasteiger partial charge is 0.326 e. The van der Waals surface area contributed by atoms with Crippen LogP contribution in [0.25, 0.3) is 11.1 Å². The maximum absolute atomic E-state index is 13.5. The van der Waals surface area contributed by atoms with Crippen molar-refractivity contribution in [3.05, 3.63) is 105 Å². The van der Waals surface area contributed by atoms with Gasteiger partial charge in [-0.2, -0.15) is 5.26 Å². The van der Waals surface area contributed by atoms with Crippen LogP contribution >= 0.6 is 11.6 Å². The molecular weight excluding hydrogens is 706 g/mol. The fourth-order valence-corrected chi connectivity index (χ4v) is 6.30. The molecule has 0 radical (unpaired) electrons. The molecule has 5 rings (SSSR count). The molecule has 0 saturated carbocycles. The van der Waals surface area contributed by atoms with Gasteiger partial charge >= 0.3 is 5.97 Å². The zero-order chi connectivity index (χ0) is 38.2. The molecule has 0 aliphatic carbocycles. The Balaban J connectivity index is 1.31. The van der Waals surface area contributed by atoms with E-state index < -0.39 is 24.0 Å². The fraction of sp³-hybridized carbons (Fsp3) is 0.375. The molecule has 0 spiro atoms. The van der Waals surface area contributed by atoms with Crippen molar-refractivity contribution < 1.29 is 38.0 Å². The van der Waals surface area contributed by atoms with Gasteiger partial charge in [-0.05, 0) is 73.2 Å². The quantitative estimate of drug-likeness (QED) is 0.0961. The molecule has 10 nitrogen and oxygen atoms in total. The van der Waals surface area contributed by atoms with E-state index >= 15 is 0 Å². The van der Waals surface area contributed by atoms with E-state index in [4.69, 9.17) is 25.8 Å². The molecule has 3 N–H and O–H groups in total. The summed E-state index contributed by atoms with van der Waals surface area (Å²) in [4.78, 5) is 17.7. The number of carbonyl (C=O) groups is 1. The summed E-state index contributed by atoms with van der Waals surface area (Å²) in [5.74, 6) is -2.38. The molecular formula is C40H43ClF2N4O6. The summed E-state index contributed by atoms with van der Waals surface area (Å²) in [6.07, 6.45) is 3.59. The Kier molecular flexibility index (Phi) is 12.9. The lowest BCUT2D eigenvalue weighted by Gasteiger charge is -2.25. The largest absolute Gasteiger partial charge is 0.493 e. The number of benzene rings is 3. The molecule has 4 aromatic rings. The number of aliphatic hydroxyl groups is 1. The maximum Gasteiger partial charge on any atom is 0.326 e. The zero-order valence-corrected chi connectivity index (χ0v) is 30.7. The number of aromatic nitrogens is 1. The van der Waals surface area contributed by atoms with E-state index in [9.17, 15) is 29.1 Å². The van der Waals surface area contributed by atoms with Gasteiger partial charge in [-0.1, -0.05) is 41.9 Å². The van der Waals surface area contributed by atoms with Gasteiger partial charge in [0.05, 0.1) is 30.3 Å². The average Bonchev–Trinajstić information content (AvgIpc) is 3.50. The minimum absolute atomic E-state index is 0.00974. The third kappa shape index (κ3) is 10.00. The number of carboxylic acid groups (broad SMARTS) is 1. The van der Waals surface area contributed by atoms with Crippen LogP contribution in [0.1, 0.15) is 53.1 Å². The number of likely N-dealkylation sites (tertiary alicyclic amines) is 1. The predicted molar refractivity (Wildman–Crippen MR) is 197 cm³/mol. The van der Waals surface area contributed by atoms with Gasteiger partial charge in [-0.3, -0.25) is 20.0 Å². The normalized spacial score (nSPS) is 15.1. The number of nitriles is 1. The molecule has 1 aromatic heterocycles. The number of halogens is 3. The molecule has 53 heavy (non-hydrogen) atoms. The Bertz CT molecular complexity index is 1970. The zero-order valence-electron chi connectivity index (χ0n) is 29.9. The van der Waals surface area contributed by atoms with Gasteiger partial charge in [0.1, 0.15) is 42.1 Å². The lowest BCUT2D eigenvalue weighted by Crippen LogP contribution is -2.52. The van der Waals surface area contributed by atoms with Crippen molar-refractivity contribution in [2.75, 3.05) is 32.8 Å². The van der Waals surface area contributed by atoms with Crippen molar-refractivity contribution in [3.63, 3.8) is 0 Å². The molecule has 1 fully saturated rings. The number of pyridine rings is 1. The van der Waals surface area contributed by atoms with E-state index in [0.717, 1.165) is 33.6 Å². The highest BCUT2D eigenvalue weighted by atomic mass is 35.5. The van der Waals surface area contributed by atoms with E-state index in [0.29, 0.717) is 54.3 Å². The number of alkyl halides is 2. The summed E-state index contributed by atoms with van der Waals surface area (Å²) in [5, 5.41) is 31.8. The van der Waals surface area contributed by atoms with E-state index in [1.165, 1.54) is 13.1 Å². The van der Waals surface area contributed by atoms with Crippen LogP contribution in [0.2, 0.25) is 5.02 Å². The number of aliphatic hydroxyl groups excluding tert-OH is 1. The monoisotopic (exact) mass is 748 g/mol. The second-order valence-corrected chi connectivity index (χ2v) is 13.8. The van der Waals surface area contributed by atoms with E-state index in [-0.39, 0.29) is 37.7 Å². The highest BCUT2D eigenvalue weighted by molar-refractivity contribution is 6.32. The lowest BCUT2D eigenvalue weighted by atomic mass is 9.93. The van der Waals surface area contributed by atoms with Crippen LogP contribution in [0.15, 0.2) is 67.0 Å². The second-order valence-electron chi connectivity index (χ2n) is 13.4. The highest BCUT2D eigenvalue weighted by Gasteiger charge is 2.37. The fourth-order valence-electron chi connectivity index (χ4n) is 6.06. The number of hydrogen-bond acceptors (Lipinski definition) is 9. The Labute approximate surface area is 312 Å². The topological polar surface area (TPSA) is 137 Å². The molecule has 1 aliphatic rings. The summed E-state index contributed by atoms with van der Waals surface area (Å²) in [6.45, 7) is 6.19. The molecule has 280 valence electrons. The van der Waals surface area contributed by atoms with Crippen LogP contribution in [0.4, 0.5) is 8.78 Å². The van der Waals surface area contributed by atoms with Crippen LogP contribution in [0.3, 0.4) is 0 Å². The van der Waals surface area contributed by atoms with Crippen molar-refractivity contribution in [2.24, 2.45) is 0 Å². The van der Waals surface area contributed by atoms with Gasteiger partial charge in [0, 0.05) is 55.6 Å². The maximum atomic E-state index is 13.5. The standard InChI is InChI=1S/C40H43ClF2N4O6/c1-26-30(7-4-8-32(26)33-9-5-10-35(27(33)2)51-14-6-12-47-13-11-40(42,43)24-47)23-53-37-17-36(52-22-29-15-28(18-44)19-45-20-29)31(16-34(37)41)21-46-39(3,25-48)38(49)50/h4-5,7-10,15-17,19-20,46,48H,6,11-14,21-25H2,1-3H3,(H,49,50)/t39-/m0/s1. The minimum atomic E-state index is -2.60. The first kappa shape index (κ1) is 39.4. The van der Waals surface area contributed by atoms with E-state index in [2.05, 4.69) is 16.4 Å². The summed E-state index contributed by atoms with van der Waals surface area (Å²) < 4.78 is 45.6. The number of nitrogens with zero attached hydrogens (tertiary/aromatic N) is 3. The first-order valence-electron chi connectivity index (χ1n) is 17.3. The summed E-state index contributed by atoms with van der Waals surface area (Å²) in [7, 11) is 0. The summed E-state index contributed by atoms with van der Waals surface area (Å²) >= 11 is 6.71. The van der Waals surface area contributed by atoms with Crippen molar-refractivity contribution in [1.82, 2.24) is 15.2 Å². The summed E-state index contributed by atoms with van der Waals surface area (Å²) in [5.41, 5.74) is 4.83. The molecule has 2 heterocycles. The average molecular weight is 749 g/mol. The Morgan fingerprint density at radius 2 is 1.75 bits per heavy atom. The van der Waals surface area contributed by atoms with Crippen LogP contribution < -0.4 is 19.5 Å². The Morgan fingerprint density at radius 1 is 1.02 bits per heavy atom. The van der Waals surface area contributed by atoms with Crippen LogP contribution in [0, 0.1) is 25.2 Å². The third-order valence-electron chi connectivity index (χ3n) is 9.42. The molecule has 1 saturated heterocycles. The number of aliphatic carboxylic acids is 1. The lowest BCUT2D eigenvalue weighted by molar-refractivity contribution is -0.145. The van der Waals surface area contributed by atoms with Crippen molar-refractivity contribution >= 4 is 17.6 Å². The SMILES string of the molecule is Cc1c(COc2cc(OCc3cncc(C#N)c3)c(CN[C@@](C)(CO)C(=O)O)cc2Cl)cccc1-c1cccc(OCCCN2CCC(F)(F)C2)c1C. The van der Waals surface area contributed by atoms with E-state index in [1.807, 2.05) is 50.2 Å². The number of nitrogens with one attached hydrogen (secondary N) is 1. The predicted octanol–water partition coefficient (Wildman–Crippen LogP) is 7.08. The summed E-state index contributed by atoms with van der Waals surface area (Å²) in [6, 6.07) is 18.8. The number of carboxylic acids is 1.